The van der Waals surface area contributed by atoms with Crippen LogP contribution in [0, 0.1) is 0 Å². The van der Waals surface area contributed by atoms with Crippen molar-refractivity contribution in [1.29, 1.82) is 0 Å². The number of carbonyl (C=O) groups excluding carboxylic acids is 2. The Morgan fingerprint density at radius 3 is 2.50 bits per heavy atom. The molecule has 2 heterocycles. The SMILES string of the molecule is O=C1C2CCCN2C(=O)CCN1c1c(Br)cccc1Br. The Morgan fingerprint density at radius 2 is 1.80 bits per heavy atom. The first-order valence-electron chi connectivity index (χ1n) is 6.64. The highest BCUT2D eigenvalue weighted by atomic mass is 79.9. The minimum Gasteiger partial charge on any atom is -0.331 e. The zero-order valence-corrected chi connectivity index (χ0v) is 14.0. The number of hydrogen-bond acceptors (Lipinski definition) is 2. The topological polar surface area (TPSA) is 40.6 Å². The summed E-state index contributed by atoms with van der Waals surface area (Å²) in [6.45, 7) is 1.14. The molecule has 0 spiro atoms. The molecule has 0 N–H and O–H groups in total. The van der Waals surface area contributed by atoms with E-state index in [1.165, 1.54) is 0 Å². The van der Waals surface area contributed by atoms with Gasteiger partial charge in [0.05, 0.1) is 5.69 Å². The van der Waals surface area contributed by atoms with Crippen LogP contribution in [0.3, 0.4) is 0 Å². The molecule has 0 saturated carbocycles. The molecule has 4 nitrogen and oxygen atoms in total. The first-order chi connectivity index (χ1) is 9.59. The molecule has 2 fully saturated rings. The van der Waals surface area contributed by atoms with Gasteiger partial charge in [0, 0.05) is 28.5 Å². The molecule has 0 aromatic heterocycles. The quantitative estimate of drug-likeness (QED) is 0.725. The fourth-order valence-corrected chi connectivity index (χ4v) is 4.36. The highest BCUT2D eigenvalue weighted by molar-refractivity contribution is 9.11. The van der Waals surface area contributed by atoms with E-state index in [0.717, 1.165) is 27.5 Å². The van der Waals surface area contributed by atoms with Crippen molar-refractivity contribution in [3.63, 3.8) is 0 Å². The van der Waals surface area contributed by atoms with Crippen LogP contribution in [0.4, 0.5) is 5.69 Å². The van der Waals surface area contributed by atoms with Gasteiger partial charge in [-0.1, -0.05) is 6.07 Å². The number of benzene rings is 1. The van der Waals surface area contributed by atoms with Gasteiger partial charge in [-0.25, -0.2) is 0 Å². The molecule has 2 aliphatic heterocycles. The van der Waals surface area contributed by atoms with E-state index in [1.54, 1.807) is 9.80 Å². The predicted octanol–water partition coefficient (Wildman–Crippen LogP) is 2.94. The van der Waals surface area contributed by atoms with Crippen LogP contribution in [0.15, 0.2) is 27.1 Å². The van der Waals surface area contributed by atoms with Crippen molar-refractivity contribution in [3.05, 3.63) is 27.1 Å². The van der Waals surface area contributed by atoms with Crippen LogP contribution in [0.2, 0.25) is 0 Å². The van der Waals surface area contributed by atoms with Gasteiger partial charge in [-0.3, -0.25) is 9.59 Å². The molecule has 1 aromatic rings. The average molecular weight is 402 g/mol. The third kappa shape index (κ3) is 2.29. The lowest BCUT2D eigenvalue weighted by Crippen LogP contribution is -2.44. The first kappa shape index (κ1) is 14.1. The number of para-hydroxylation sites is 1. The molecule has 0 bridgehead atoms. The van der Waals surface area contributed by atoms with E-state index in [0.29, 0.717) is 19.5 Å². The summed E-state index contributed by atoms with van der Waals surface area (Å²) in [5, 5.41) is 0. The van der Waals surface area contributed by atoms with Crippen LogP contribution in [-0.2, 0) is 9.59 Å². The van der Waals surface area contributed by atoms with Crippen molar-refractivity contribution in [2.75, 3.05) is 18.0 Å². The van der Waals surface area contributed by atoms with Crippen LogP contribution in [0.25, 0.3) is 0 Å². The normalized spacial score (nSPS) is 23.0. The Hall–Kier alpha value is -0.880. The van der Waals surface area contributed by atoms with E-state index in [2.05, 4.69) is 31.9 Å². The van der Waals surface area contributed by atoms with Gasteiger partial charge in [-0.05, 0) is 56.8 Å². The van der Waals surface area contributed by atoms with Gasteiger partial charge in [0.1, 0.15) is 6.04 Å². The number of hydrogen-bond donors (Lipinski definition) is 0. The highest BCUT2D eigenvalue weighted by Gasteiger charge is 2.40. The number of amides is 2. The summed E-state index contributed by atoms with van der Waals surface area (Å²) in [7, 11) is 0. The van der Waals surface area contributed by atoms with Crippen LogP contribution in [0.1, 0.15) is 19.3 Å². The second-order valence-electron chi connectivity index (χ2n) is 5.06. The predicted molar refractivity (Wildman–Crippen MR) is 83.5 cm³/mol. The lowest BCUT2D eigenvalue weighted by Gasteiger charge is -2.26. The molecule has 0 aliphatic carbocycles. The van der Waals surface area contributed by atoms with Gasteiger partial charge in [-0.2, -0.15) is 0 Å². The molecule has 6 heteroatoms. The van der Waals surface area contributed by atoms with Gasteiger partial charge in [0.25, 0.3) is 0 Å². The summed E-state index contributed by atoms with van der Waals surface area (Å²) in [5.74, 6) is 0.118. The van der Waals surface area contributed by atoms with Crippen molar-refractivity contribution < 1.29 is 9.59 Å². The maximum atomic E-state index is 12.8. The number of halogens is 2. The standard InChI is InChI=1S/C14H14Br2N2O2/c15-9-3-1-4-10(16)13(9)18-8-6-12(19)17-7-2-5-11(17)14(18)20/h1,3-4,11H,2,5-8H2. The first-order valence-corrected chi connectivity index (χ1v) is 8.23. The van der Waals surface area contributed by atoms with E-state index in [9.17, 15) is 9.59 Å². The van der Waals surface area contributed by atoms with Crippen molar-refractivity contribution in [3.8, 4) is 0 Å². The lowest BCUT2D eigenvalue weighted by atomic mass is 10.2. The van der Waals surface area contributed by atoms with Crippen molar-refractivity contribution in [2.24, 2.45) is 0 Å². The van der Waals surface area contributed by atoms with Crippen LogP contribution >= 0.6 is 31.9 Å². The maximum absolute atomic E-state index is 12.8. The number of anilines is 1. The largest absolute Gasteiger partial charge is 0.331 e. The molecular formula is C14H14Br2N2O2. The van der Waals surface area contributed by atoms with Crippen LogP contribution in [-0.4, -0.2) is 35.8 Å². The molecule has 2 aliphatic rings. The number of rotatable bonds is 1. The Labute approximate surface area is 134 Å². The second kappa shape index (κ2) is 5.48. The number of fused-ring (bicyclic) bond motifs is 1. The summed E-state index contributed by atoms with van der Waals surface area (Å²) in [5.41, 5.74) is 0.819. The zero-order chi connectivity index (χ0) is 14.3. The second-order valence-corrected chi connectivity index (χ2v) is 6.76. The van der Waals surface area contributed by atoms with Crippen molar-refractivity contribution >= 4 is 49.4 Å². The van der Waals surface area contributed by atoms with E-state index in [-0.39, 0.29) is 17.9 Å². The molecule has 0 radical (unpaired) electrons. The molecule has 1 unspecified atom stereocenters. The van der Waals surface area contributed by atoms with Gasteiger partial charge >= 0.3 is 0 Å². The summed E-state index contributed by atoms with van der Waals surface area (Å²) >= 11 is 7.00. The van der Waals surface area contributed by atoms with Crippen LogP contribution in [0.5, 0.6) is 0 Å². The molecule has 1 atom stereocenters. The Bertz CT molecular complexity index is 556. The molecule has 3 rings (SSSR count). The van der Waals surface area contributed by atoms with Gasteiger partial charge in [0.15, 0.2) is 0 Å². The Balaban J connectivity index is 2.01. The Kier molecular flexibility index (Phi) is 3.86. The van der Waals surface area contributed by atoms with E-state index in [4.69, 9.17) is 0 Å². The summed E-state index contributed by atoms with van der Waals surface area (Å²) in [6, 6.07) is 5.44. The van der Waals surface area contributed by atoms with Crippen molar-refractivity contribution in [1.82, 2.24) is 4.90 Å². The highest BCUT2D eigenvalue weighted by Crippen LogP contribution is 2.36. The molecule has 2 amide bonds. The molecular weight excluding hydrogens is 388 g/mol. The smallest absolute Gasteiger partial charge is 0.249 e. The summed E-state index contributed by atoms with van der Waals surface area (Å²) < 4.78 is 1.72. The number of carbonyl (C=O) groups is 2. The summed E-state index contributed by atoms with van der Waals surface area (Å²) in [6.07, 6.45) is 2.06. The van der Waals surface area contributed by atoms with Crippen LogP contribution < -0.4 is 4.90 Å². The van der Waals surface area contributed by atoms with Gasteiger partial charge in [0.2, 0.25) is 11.8 Å². The van der Waals surface area contributed by atoms with Gasteiger partial charge < -0.3 is 9.80 Å². The fourth-order valence-electron chi connectivity index (χ4n) is 2.93. The molecule has 20 heavy (non-hydrogen) atoms. The minimum atomic E-state index is -0.288. The molecule has 1 aromatic carbocycles. The average Bonchev–Trinajstić information content (AvgIpc) is 2.86. The fraction of sp³-hybridized carbons (Fsp3) is 0.429. The lowest BCUT2D eigenvalue weighted by molar-refractivity contribution is -0.135. The van der Waals surface area contributed by atoms with E-state index >= 15 is 0 Å². The van der Waals surface area contributed by atoms with Gasteiger partial charge in [-0.15, -0.1) is 0 Å². The van der Waals surface area contributed by atoms with Crippen molar-refractivity contribution in [2.45, 2.75) is 25.3 Å². The van der Waals surface area contributed by atoms with E-state index in [1.807, 2.05) is 18.2 Å². The summed E-state index contributed by atoms with van der Waals surface area (Å²) in [4.78, 5) is 28.4. The van der Waals surface area contributed by atoms with E-state index < -0.39 is 0 Å². The zero-order valence-electron chi connectivity index (χ0n) is 10.8. The molecule has 2 saturated heterocycles. The minimum absolute atomic E-state index is 0.0287. The Morgan fingerprint density at radius 1 is 1.10 bits per heavy atom. The maximum Gasteiger partial charge on any atom is 0.249 e. The third-order valence-corrected chi connectivity index (χ3v) is 5.16. The number of nitrogens with zero attached hydrogens (tertiary/aromatic N) is 2. The monoisotopic (exact) mass is 400 g/mol. The molecule has 106 valence electrons. The third-order valence-electron chi connectivity index (χ3n) is 3.88.